The highest BCUT2D eigenvalue weighted by atomic mass is 32.2. The molecule has 6 nitrogen and oxygen atoms in total. The Morgan fingerprint density at radius 1 is 1.25 bits per heavy atom. The molecule has 2 N–H and O–H groups in total. The van der Waals surface area contributed by atoms with Gasteiger partial charge in [0.25, 0.3) is 0 Å². The average molecular weight is 370 g/mol. The summed E-state index contributed by atoms with van der Waals surface area (Å²) in [4.78, 5) is 0.323. The van der Waals surface area contributed by atoms with E-state index in [1.54, 1.807) is 18.2 Å². The standard InChI is InChI=1S/C16H23N3O3S2/c1-2-8-17-16(23)18-9-7-14-3-5-15(6-4-14)24(20,21)19-10-12-22-13-11-19/h2-6H,1,7-13H2,(H2,17,18,23). The maximum absolute atomic E-state index is 12.5. The molecular formula is C16H23N3O3S2. The van der Waals surface area contributed by atoms with E-state index >= 15 is 0 Å². The second kappa shape index (κ2) is 9.12. The zero-order valence-electron chi connectivity index (χ0n) is 13.5. The number of thiocarbonyl (C=S) groups is 1. The van der Waals surface area contributed by atoms with Crippen LogP contribution in [0.25, 0.3) is 0 Å². The number of rotatable bonds is 7. The lowest BCUT2D eigenvalue weighted by Crippen LogP contribution is -2.40. The Balaban J connectivity index is 1.88. The van der Waals surface area contributed by atoms with E-state index in [1.807, 2.05) is 12.1 Å². The molecule has 24 heavy (non-hydrogen) atoms. The van der Waals surface area contributed by atoms with Crippen molar-refractivity contribution in [3.05, 3.63) is 42.5 Å². The van der Waals surface area contributed by atoms with Gasteiger partial charge in [-0.05, 0) is 36.3 Å². The van der Waals surface area contributed by atoms with Gasteiger partial charge >= 0.3 is 0 Å². The lowest BCUT2D eigenvalue weighted by atomic mass is 10.1. The zero-order valence-corrected chi connectivity index (χ0v) is 15.2. The normalized spacial score (nSPS) is 15.7. The number of hydrogen-bond donors (Lipinski definition) is 2. The largest absolute Gasteiger partial charge is 0.379 e. The van der Waals surface area contributed by atoms with E-state index in [4.69, 9.17) is 17.0 Å². The van der Waals surface area contributed by atoms with E-state index in [-0.39, 0.29) is 0 Å². The molecule has 1 aliphatic rings. The molecule has 8 heteroatoms. The molecule has 0 spiro atoms. The van der Waals surface area contributed by atoms with Crippen molar-refractivity contribution in [1.82, 2.24) is 14.9 Å². The van der Waals surface area contributed by atoms with Crippen molar-refractivity contribution >= 4 is 27.4 Å². The summed E-state index contributed by atoms with van der Waals surface area (Å²) in [6, 6.07) is 7.01. The van der Waals surface area contributed by atoms with Gasteiger partial charge in [-0.1, -0.05) is 18.2 Å². The molecule has 0 aliphatic carbocycles. The molecule has 0 unspecified atom stereocenters. The third-order valence-corrected chi connectivity index (χ3v) is 5.84. The van der Waals surface area contributed by atoms with Crippen molar-refractivity contribution in [2.75, 3.05) is 39.4 Å². The van der Waals surface area contributed by atoms with E-state index in [9.17, 15) is 8.42 Å². The molecule has 132 valence electrons. The number of hydrogen-bond acceptors (Lipinski definition) is 4. The van der Waals surface area contributed by atoms with Gasteiger partial charge in [0.1, 0.15) is 0 Å². The number of nitrogens with one attached hydrogen (secondary N) is 2. The van der Waals surface area contributed by atoms with Gasteiger partial charge in [-0.2, -0.15) is 4.31 Å². The van der Waals surface area contributed by atoms with Crippen LogP contribution < -0.4 is 10.6 Å². The van der Waals surface area contributed by atoms with Gasteiger partial charge < -0.3 is 15.4 Å². The Hall–Kier alpha value is -1.48. The molecule has 1 heterocycles. The molecule has 1 fully saturated rings. The Labute approximate surface area is 148 Å². The SMILES string of the molecule is C=CCNC(=S)NCCc1ccc(S(=O)(=O)N2CCOCC2)cc1. The number of sulfonamides is 1. The lowest BCUT2D eigenvalue weighted by molar-refractivity contribution is 0.0730. The number of morpholine rings is 1. The van der Waals surface area contributed by atoms with Crippen LogP contribution in [-0.4, -0.2) is 57.2 Å². The third-order valence-electron chi connectivity index (χ3n) is 3.64. The first-order valence-corrected chi connectivity index (χ1v) is 9.68. The number of benzene rings is 1. The van der Waals surface area contributed by atoms with Gasteiger partial charge in [-0.15, -0.1) is 6.58 Å². The highest BCUT2D eigenvalue weighted by molar-refractivity contribution is 7.89. The maximum Gasteiger partial charge on any atom is 0.243 e. The first-order chi connectivity index (χ1) is 11.5. The van der Waals surface area contributed by atoms with Gasteiger partial charge in [0.2, 0.25) is 10.0 Å². The van der Waals surface area contributed by atoms with Crippen LogP contribution in [0.15, 0.2) is 41.8 Å². The van der Waals surface area contributed by atoms with Crippen LogP contribution in [0.3, 0.4) is 0 Å². The average Bonchev–Trinajstić information content (AvgIpc) is 2.61. The fourth-order valence-corrected chi connectivity index (χ4v) is 3.91. The van der Waals surface area contributed by atoms with Crippen LogP contribution >= 0.6 is 12.2 Å². The lowest BCUT2D eigenvalue weighted by Gasteiger charge is -2.26. The van der Waals surface area contributed by atoms with Gasteiger partial charge in [0.05, 0.1) is 18.1 Å². The first-order valence-electron chi connectivity index (χ1n) is 7.83. The maximum atomic E-state index is 12.5. The summed E-state index contributed by atoms with van der Waals surface area (Å²) in [7, 11) is -3.43. The second-order valence-electron chi connectivity index (χ2n) is 5.34. The van der Waals surface area contributed by atoms with Gasteiger partial charge in [0.15, 0.2) is 5.11 Å². The first kappa shape index (κ1) is 18.9. The molecule has 2 rings (SSSR count). The van der Waals surface area contributed by atoms with Crippen LogP contribution in [0.2, 0.25) is 0 Å². The summed E-state index contributed by atoms with van der Waals surface area (Å²) in [5.74, 6) is 0. The Morgan fingerprint density at radius 3 is 2.54 bits per heavy atom. The van der Waals surface area contributed by atoms with Crippen molar-refractivity contribution in [2.45, 2.75) is 11.3 Å². The van der Waals surface area contributed by atoms with Crippen LogP contribution in [0.5, 0.6) is 0 Å². The predicted molar refractivity (Wildman–Crippen MR) is 98.5 cm³/mol. The second-order valence-corrected chi connectivity index (χ2v) is 7.68. The molecule has 0 aromatic heterocycles. The van der Waals surface area contributed by atoms with Crippen molar-refractivity contribution in [3.8, 4) is 0 Å². The summed E-state index contributed by atoms with van der Waals surface area (Å²) in [5, 5.41) is 6.67. The van der Waals surface area contributed by atoms with Gasteiger partial charge in [0, 0.05) is 26.2 Å². The Morgan fingerprint density at radius 2 is 1.92 bits per heavy atom. The summed E-state index contributed by atoms with van der Waals surface area (Å²) >= 11 is 5.11. The summed E-state index contributed by atoms with van der Waals surface area (Å²) < 4.78 is 31.7. The molecule has 0 atom stereocenters. The zero-order chi connectivity index (χ0) is 17.4. The highest BCUT2D eigenvalue weighted by Crippen LogP contribution is 2.17. The predicted octanol–water partition coefficient (Wildman–Crippen LogP) is 0.900. The van der Waals surface area contributed by atoms with Crippen molar-refractivity contribution in [3.63, 3.8) is 0 Å². The van der Waals surface area contributed by atoms with E-state index in [0.717, 1.165) is 12.0 Å². The van der Waals surface area contributed by atoms with Gasteiger partial charge in [-0.3, -0.25) is 0 Å². The Bertz CT molecular complexity index is 654. The van der Waals surface area contributed by atoms with Crippen LogP contribution in [0.4, 0.5) is 0 Å². The van der Waals surface area contributed by atoms with E-state index < -0.39 is 10.0 Å². The number of ether oxygens (including phenoxy) is 1. The minimum Gasteiger partial charge on any atom is -0.379 e. The fraction of sp³-hybridized carbons (Fsp3) is 0.438. The van der Waals surface area contributed by atoms with E-state index in [0.29, 0.717) is 49.4 Å². The molecule has 0 amide bonds. The molecule has 1 saturated heterocycles. The molecule has 1 aromatic carbocycles. The van der Waals surface area contributed by atoms with Crippen molar-refractivity contribution < 1.29 is 13.2 Å². The van der Waals surface area contributed by atoms with Crippen LogP contribution in [0, 0.1) is 0 Å². The summed E-state index contributed by atoms with van der Waals surface area (Å²) in [6.45, 7) is 6.62. The summed E-state index contributed by atoms with van der Waals surface area (Å²) in [5.41, 5.74) is 1.05. The van der Waals surface area contributed by atoms with Gasteiger partial charge in [-0.25, -0.2) is 8.42 Å². The minimum absolute atomic E-state index is 0.323. The molecule has 0 saturated carbocycles. The van der Waals surface area contributed by atoms with E-state index in [1.165, 1.54) is 4.31 Å². The topological polar surface area (TPSA) is 70.7 Å². The molecule has 0 radical (unpaired) electrons. The monoisotopic (exact) mass is 369 g/mol. The summed E-state index contributed by atoms with van der Waals surface area (Å²) in [6.07, 6.45) is 2.50. The molecule has 1 aliphatic heterocycles. The number of nitrogens with zero attached hydrogens (tertiary/aromatic N) is 1. The van der Waals surface area contributed by atoms with Crippen molar-refractivity contribution in [2.24, 2.45) is 0 Å². The minimum atomic E-state index is -3.43. The highest BCUT2D eigenvalue weighted by Gasteiger charge is 2.25. The Kier molecular flexibility index (Phi) is 7.16. The van der Waals surface area contributed by atoms with Crippen LogP contribution in [-0.2, 0) is 21.2 Å². The van der Waals surface area contributed by atoms with E-state index in [2.05, 4.69) is 17.2 Å². The third kappa shape index (κ3) is 5.27. The molecular weight excluding hydrogens is 346 g/mol. The quantitative estimate of drug-likeness (QED) is 0.550. The molecule has 1 aromatic rings. The van der Waals surface area contributed by atoms with Crippen molar-refractivity contribution in [1.29, 1.82) is 0 Å². The smallest absolute Gasteiger partial charge is 0.243 e. The molecule has 0 bridgehead atoms. The van der Waals surface area contributed by atoms with Crippen LogP contribution in [0.1, 0.15) is 5.56 Å². The fourth-order valence-electron chi connectivity index (χ4n) is 2.31.